The van der Waals surface area contributed by atoms with Crippen LogP contribution in [-0.2, 0) is 0 Å². The number of rotatable bonds is 9. The van der Waals surface area contributed by atoms with Crippen LogP contribution in [0.3, 0.4) is 0 Å². The van der Waals surface area contributed by atoms with Crippen molar-refractivity contribution in [1.29, 1.82) is 0 Å². The Morgan fingerprint density at radius 3 is 1.43 bits per heavy atom. The molecule has 0 aliphatic rings. The van der Waals surface area contributed by atoms with E-state index in [4.69, 9.17) is 4.99 Å². The summed E-state index contributed by atoms with van der Waals surface area (Å²) in [6, 6.07) is 13.4. The van der Waals surface area contributed by atoms with Gasteiger partial charge in [0.05, 0.1) is 0 Å². The molecule has 0 aliphatic carbocycles. The maximum atomic E-state index is 5.18. The summed E-state index contributed by atoms with van der Waals surface area (Å²) in [5, 5.41) is 0. The molecule has 0 N–H and O–H groups in total. The van der Waals surface area contributed by atoms with E-state index in [2.05, 4.69) is 175 Å². The van der Waals surface area contributed by atoms with Crippen LogP contribution in [0, 0.1) is 0 Å². The molecule has 2 aromatic carbocycles. The molecule has 0 spiro atoms. The van der Waals surface area contributed by atoms with E-state index in [0.29, 0.717) is 23.7 Å². The van der Waals surface area contributed by atoms with Gasteiger partial charge in [-0.2, -0.15) is 0 Å². The zero-order chi connectivity index (χ0) is 28.4. The van der Waals surface area contributed by atoms with E-state index in [-0.39, 0.29) is 0 Å². The molecule has 0 heterocycles. The van der Waals surface area contributed by atoms with Crippen molar-refractivity contribution in [1.82, 2.24) is 0 Å². The Balaban J connectivity index is 0.00000159. The minimum atomic E-state index is -0.832. The molecule has 0 amide bonds. The molecule has 202 valence electrons. The van der Waals surface area contributed by atoms with Crippen molar-refractivity contribution < 1.29 is 0 Å². The molecule has 0 saturated heterocycles. The summed E-state index contributed by atoms with van der Waals surface area (Å²) in [6.45, 7) is 22.6. The molecule has 37 heavy (non-hydrogen) atoms. The standard InChI is InChI=1S/C29H41N2.Br3Si.BrH.Ga/c1-18(2)24-13-11-14-25(19(3)4)28(24)30-22(9)17-23(10)31-29-26(20(5)6)15-12-16-27(29)21(7)8;1-4(2)3;;/h11-21H,1-10H3;;1H;/q-1;;;+2/p-1/b22-17-,31-23?;;;. The molecule has 2 nitrogen and oxygen atoms in total. The molecule has 2 aromatic rings. The summed E-state index contributed by atoms with van der Waals surface area (Å²) >= 11 is 12.7. The number of allylic oxidation sites excluding steroid dienone is 2. The van der Waals surface area contributed by atoms with Crippen LogP contribution in [-0.4, -0.2) is 26.0 Å². The molecule has 2 radical (unpaired) electrons. The second kappa shape index (κ2) is 17.3. The fraction of sp³-hybridized carbons (Fsp3) is 0.483. The van der Waals surface area contributed by atoms with Crippen molar-refractivity contribution in [2.24, 2.45) is 4.99 Å². The van der Waals surface area contributed by atoms with Crippen LogP contribution in [0.1, 0.15) is 115 Å². The van der Waals surface area contributed by atoms with Crippen LogP contribution in [0.2, 0.25) is 0 Å². The topological polar surface area (TPSA) is 15.6 Å². The zero-order valence-corrected chi connectivity index (χ0v) is 33.6. The predicted octanol–water partition coefficient (Wildman–Crippen LogP) is 11.8. The molecule has 0 aliphatic heterocycles. The van der Waals surface area contributed by atoms with Gasteiger partial charge in [-0.3, -0.25) is 0 Å². The van der Waals surface area contributed by atoms with Crippen molar-refractivity contribution in [2.75, 3.05) is 3.61 Å². The number of para-hydroxylation sites is 2. The number of aliphatic imine (C=N–C) groups is 1. The number of anilines is 1. The first-order chi connectivity index (χ1) is 17.2. The van der Waals surface area contributed by atoms with Gasteiger partial charge < -0.3 is 0 Å². The Hall–Kier alpha value is 0.423. The van der Waals surface area contributed by atoms with E-state index < -0.39 is 20.3 Å². The van der Waals surface area contributed by atoms with Crippen LogP contribution in [0.5, 0.6) is 0 Å². The van der Waals surface area contributed by atoms with Crippen molar-refractivity contribution in [2.45, 2.75) is 92.9 Å². The molecule has 0 aromatic heterocycles. The van der Waals surface area contributed by atoms with Gasteiger partial charge in [-0.25, -0.2) is 0 Å². The first-order valence-corrected chi connectivity index (χ1v) is 27.8. The van der Waals surface area contributed by atoms with Crippen LogP contribution >= 0.6 is 59.4 Å². The normalized spacial score (nSPS) is 12.5. The average Bonchev–Trinajstić information content (AvgIpc) is 2.78. The maximum absolute atomic E-state index is 5.18. The summed E-state index contributed by atoms with van der Waals surface area (Å²) in [5.41, 5.74) is 10.4. The minimum absolute atomic E-state index is 0.442. The summed E-state index contributed by atoms with van der Waals surface area (Å²) in [7, 11) is 0. The fourth-order valence-corrected chi connectivity index (χ4v) is 8.37. The van der Waals surface area contributed by atoms with Gasteiger partial charge in [0.2, 0.25) is 0 Å². The van der Waals surface area contributed by atoms with E-state index >= 15 is 0 Å². The molecule has 0 bridgehead atoms. The molecule has 0 unspecified atom stereocenters. The van der Waals surface area contributed by atoms with Crippen molar-refractivity contribution in [3.05, 3.63) is 70.4 Å². The van der Waals surface area contributed by atoms with E-state index in [1.54, 1.807) is 0 Å². The molecule has 0 fully saturated rings. The molecular formula is C29H41Br4GaN2Si. The van der Waals surface area contributed by atoms with Crippen molar-refractivity contribution >= 4 is 96.8 Å². The van der Waals surface area contributed by atoms with Crippen LogP contribution in [0.15, 0.2) is 53.2 Å². The van der Waals surface area contributed by atoms with Crippen LogP contribution in [0.25, 0.3) is 0 Å². The first kappa shape index (κ1) is 35.4. The van der Waals surface area contributed by atoms with E-state index in [9.17, 15) is 0 Å². The first-order valence-electron chi connectivity index (χ1n) is 12.8. The number of nitrogens with zero attached hydrogens (tertiary/aromatic N) is 2. The van der Waals surface area contributed by atoms with Gasteiger partial charge in [-0.05, 0) is 0 Å². The molecule has 2 rings (SSSR count). The third kappa shape index (κ3) is 11.1. The Morgan fingerprint density at radius 2 is 1.11 bits per heavy atom. The summed E-state index contributed by atoms with van der Waals surface area (Å²) in [4.78, 5) is 5.18. The SMILES string of the molecule is Br[Si](Br)Br.CC(/C=C(/C)[N]([Ga][Br])c1c(C(C)C)cccc1C(C)C)=Nc1c(C(C)C)cccc1C(C)C. The molecular weight excluding hydrogens is 794 g/mol. The van der Waals surface area contributed by atoms with E-state index in [1.807, 2.05) is 0 Å². The van der Waals surface area contributed by atoms with Gasteiger partial charge in [0, 0.05) is 0 Å². The summed E-state index contributed by atoms with van der Waals surface area (Å²) in [5.74, 6) is 1.84. The van der Waals surface area contributed by atoms with E-state index in [1.165, 1.54) is 33.6 Å². The van der Waals surface area contributed by atoms with Gasteiger partial charge in [0.25, 0.3) is 4.65 Å². The number of hydrogen-bond donors (Lipinski definition) is 0. The molecule has 0 saturated carbocycles. The van der Waals surface area contributed by atoms with Crippen molar-refractivity contribution in [3.63, 3.8) is 0 Å². The van der Waals surface area contributed by atoms with Crippen LogP contribution in [0.4, 0.5) is 11.4 Å². The molecule has 0 atom stereocenters. The number of halogens is 4. The Bertz CT molecular complexity index is 1010. The number of hydrogen-bond acceptors (Lipinski definition) is 2. The zero-order valence-electron chi connectivity index (χ0n) is 23.8. The predicted molar refractivity (Wildman–Crippen MR) is 185 cm³/mol. The summed E-state index contributed by atoms with van der Waals surface area (Å²) < 4.78 is 2.10. The average molecular weight is 835 g/mol. The summed E-state index contributed by atoms with van der Waals surface area (Å²) in [6.07, 6.45) is 2.26. The van der Waals surface area contributed by atoms with Gasteiger partial charge in [0.15, 0.2) is 0 Å². The molecule has 8 heteroatoms. The van der Waals surface area contributed by atoms with Gasteiger partial charge in [-0.1, -0.05) is 45.9 Å². The Kier molecular flexibility index (Phi) is 16.6. The van der Waals surface area contributed by atoms with Gasteiger partial charge >= 0.3 is 218 Å². The van der Waals surface area contributed by atoms with Gasteiger partial charge in [0.1, 0.15) is 0 Å². The number of benzene rings is 2. The Morgan fingerprint density at radius 1 is 0.757 bits per heavy atom. The fourth-order valence-electron chi connectivity index (χ4n) is 4.31. The van der Waals surface area contributed by atoms with Gasteiger partial charge in [-0.15, -0.1) is 0 Å². The second-order valence-corrected chi connectivity index (χ2v) is 31.2. The van der Waals surface area contributed by atoms with E-state index in [0.717, 1.165) is 11.4 Å². The third-order valence-corrected chi connectivity index (χ3v) is 10.0. The monoisotopic (exact) mass is 830 g/mol. The van der Waals surface area contributed by atoms with Crippen LogP contribution < -0.4 is 3.61 Å². The van der Waals surface area contributed by atoms with Crippen molar-refractivity contribution in [3.8, 4) is 0 Å². The second-order valence-electron chi connectivity index (χ2n) is 10.4. The Labute approximate surface area is 266 Å². The third-order valence-electron chi connectivity index (χ3n) is 6.11. The quantitative estimate of drug-likeness (QED) is 0.140.